The molecule has 5 N–H and O–H groups in total. The number of nitrogens with zero attached hydrogens (tertiary/aromatic N) is 1. The van der Waals surface area contributed by atoms with Gasteiger partial charge in [-0.25, -0.2) is 18.5 Å². The Balaban J connectivity index is 2.65. The minimum atomic E-state index is -3.39. The van der Waals surface area contributed by atoms with Gasteiger partial charge in [-0.2, -0.15) is 0 Å². The van der Waals surface area contributed by atoms with Gasteiger partial charge < -0.3 is 16.0 Å². The molecule has 14 heteroatoms. The molecule has 1 atom stereocenters. The van der Waals surface area contributed by atoms with Crippen LogP contribution in [0.2, 0.25) is 0 Å². The predicted octanol–water partition coefficient (Wildman–Crippen LogP) is 0.948. The average Bonchev–Trinajstić information content (AvgIpc) is 2.78. The summed E-state index contributed by atoms with van der Waals surface area (Å²) in [5, 5.41) is 24.5. The molecule has 36 heavy (non-hydrogen) atoms. The van der Waals surface area contributed by atoms with Crippen molar-refractivity contribution < 1.29 is 27.8 Å². The van der Waals surface area contributed by atoms with Crippen molar-refractivity contribution in [1.82, 2.24) is 21.4 Å². The molecule has 0 aliphatic rings. The molecular weight excluding hydrogens is 492 g/mol. The lowest BCUT2D eigenvalue weighted by Crippen LogP contribution is -2.47. The Morgan fingerprint density at radius 3 is 2.33 bits per heavy atom. The van der Waals surface area contributed by atoms with E-state index in [1.54, 1.807) is 12.0 Å². The van der Waals surface area contributed by atoms with Crippen LogP contribution in [0.3, 0.4) is 0 Å². The fourth-order valence-electron chi connectivity index (χ4n) is 2.94. The first-order valence-corrected chi connectivity index (χ1v) is 13.2. The Kier molecular flexibility index (Phi) is 12.5. The maximum absolute atomic E-state index is 12.6. The Bertz CT molecular complexity index is 1040. The molecule has 0 fully saturated rings. The summed E-state index contributed by atoms with van der Waals surface area (Å²) in [7, 11) is -3.39. The molecule has 0 unspecified atom stereocenters. The SMILES string of the molecule is CC(C)C[CH]NC(=O)[C@H](CCCNC(=N)N[N+](=O)[O-])NC(=O)CCC(=O)c1ccc(S(C)(=O)=O)cc1. The van der Waals surface area contributed by atoms with E-state index < -0.39 is 38.7 Å². The number of amides is 2. The van der Waals surface area contributed by atoms with Crippen LogP contribution in [-0.4, -0.2) is 55.8 Å². The largest absolute Gasteiger partial charge is 0.352 e. The van der Waals surface area contributed by atoms with Gasteiger partial charge in [0.1, 0.15) is 6.04 Å². The van der Waals surface area contributed by atoms with Crippen molar-refractivity contribution in [2.24, 2.45) is 5.92 Å². The summed E-state index contributed by atoms with van der Waals surface area (Å²) in [4.78, 5) is 47.8. The Hall–Kier alpha value is -3.55. The molecule has 0 aliphatic heterocycles. The third-order valence-electron chi connectivity index (χ3n) is 4.84. The minimum Gasteiger partial charge on any atom is -0.352 e. The molecule has 1 rings (SSSR count). The van der Waals surface area contributed by atoms with Crippen LogP contribution in [0, 0.1) is 28.0 Å². The monoisotopic (exact) mass is 525 g/mol. The number of hydrogen-bond donors (Lipinski definition) is 5. The number of sulfone groups is 1. The van der Waals surface area contributed by atoms with Gasteiger partial charge in [0, 0.05) is 37.8 Å². The molecule has 0 aromatic heterocycles. The number of hydrazine groups is 1. The van der Waals surface area contributed by atoms with Crippen molar-refractivity contribution in [1.29, 1.82) is 5.41 Å². The zero-order valence-electron chi connectivity index (χ0n) is 20.5. The summed E-state index contributed by atoms with van der Waals surface area (Å²) in [5.74, 6) is -1.49. The van der Waals surface area contributed by atoms with E-state index in [1.807, 2.05) is 13.8 Å². The normalized spacial score (nSPS) is 11.9. The van der Waals surface area contributed by atoms with Gasteiger partial charge in [0.25, 0.3) is 5.96 Å². The van der Waals surface area contributed by atoms with Crippen LogP contribution in [0.25, 0.3) is 0 Å². The lowest BCUT2D eigenvalue weighted by atomic mass is 10.1. The van der Waals surface area contributed by atoms with Crippen LogP contribution in [-0.2, 0) is 19.4 Å². The van der Waals surface area contributed by atoms with E-state index in [1.165, 1.54) is 24.3 Å². The van der Waals surface area contributed by atoms with Crippen molar-refractivity contribution >= 4 is 33.4 Å². The fraction of sp³-hybridized carbons (Fsp3) is 0.500. The molecule has 199 valence electrons. The number of guanidine groups is 1. The van der Waals surface area contributed by atoms with E-state index in [0.717, 1.165) is 6.26 Å². The zero-order chi connectivity index (χ0) is 27.3. The minimum absolute atomic E-state index is 0.0821. The molecule has 13 nitrogen and oxygen atoms in total. The third kappa shape index (κ3) is 12.2. The molecular formula is C22H33N6O7S. The van der Waals surface area contributed by atoms with E-state index in [2.05, 4.69) is 16.0 Å². The standard InChI is InChI=1S/C22H33N6O7S/c1-15(2)12-14-24-21(31)18(5-4-13-25-22(23)27-28(32)33)26-20(30)11-10-19(29)16-6-8-17(9-7-16)36(3,34)35/h6-9,14-15,18H,4-5,10-13H2,1-3H3,(H,24,31)(H,26,30)(H3,23,25,27)/t18-/m0/s1. The number of nitrogens with one attached hydrogen (secondary N) is 5. The second kappa shape index (κ2) is 14.8. The maximum Gasteiger partial charge on any atom is 0.251 e. The summed E-state index contributed by atoms with van der Waals surface area (Å²) >= 11 is 0. The van der Waals surface area contributed by atoms with E-state index in [0.29, 0.717) is 18.8 Å². The molecule has 0 bridgehead atoms. The lowest BCUT2D eigenvalue weighted by molar-refractivity contribution is -0.525. The number of rotatable bonds is 15. The molecule has 1 aromatic carbocycles. The summed E-state index contributed by atoms with van der Waals surface area (Å²) in [6, 6.07) is 4.51. The highest BCUT2D eigenvalue weighted by Crippen LogP contribution is 2.12. The van der Waals surface area contributed by atoms with Gasteiger partial charge >= 0.3 is 0 Å². The summed E-state index contributed by atoms with van der Waals surface area (Å²) in [6.45, 7) is 5.71. The second-order valence-corrected chi connectivity index (χ2v) is 10.5. The second-order valence-electron chi connectivity index (χ2n) is 8.49. The van der Waals surface area contributed by atoms with Gasteiger partial charge in [0.2, 0.25) is 11.8 Å². The van der Waals surface area contributed by atoms with Crippen molar-refractivity contribution in [3.8, 4) is 0 Å². The van der Waals surface area contributed by atoms with Crippen molar-refractivity contribution in [2.45, 2.75) is 56.9 Å². The molecule has 1 radical (unpaired) electrons. The molecule has 1 aromatic rings. The van der Waals surface area contributed by atoms with Crippen LogP contribution in [0.15, 0.2) is 29.2 Å². The first-order valence-electron chi connectivity index (χ1n) is 11.3. The number of carbonyl (C=O) groups excluding carboxylic acids is 3. The van der Waals surface area contributed by atoms with Gasteiger partial charge in [-0.3, -0.25) is 19.8 Å². The average molecular weight is 526 g/mol. The lowest BCUT2D eigenvalue weighted by Gasteiger charge is -2.19. The van der Waals surface area contributed by atoms with Gasteiger partial charge in [0.15, 0.2) is 20.7 Å². The first kappa shape index (κ1) is 30.5. The van der Waals surface area contributed by atoms with Crippen LogP contribution in [0.4, 0.5) is 0 Å². The first-order chi connectivity index (χ1) is 16.8. The predicted molar refractivity (Wildman–Crippen MR) is 132 cm³/mol. The Morgan fingerprint density at radius 2 is 1.78 bits per heavy atom. The number of nitro groups is 1. The van der Waals surface area contributed by atoms with Crippen LogP contribution in [0.1, 0.15) is 56.3 Å². The Labute approximate surface area is 210 Å². The van der Waals surface area contributed by atoms with Gasteiger partial charge in [0.05, 0.1) is 4.90 Å². The van der Waals surface area contributed by atoms with Crippen LogP contribution in [0.5, 0.6) is 0 Å². The quantitative estimate of drug-likeness (QED) is 0.0552. The van der Waals surface area contributed by atoms with Crippen LogP contribution >= 0.6 is 0 Å². The number of carbonyl (C=O) groups is 3. The Morgan fingerprint density at radius 1 is 1.14 bits per heavy atom. The van der Waals surface area contributed by atoms with E-state index in [4.69, 9.17) is 5.41 Å². The number of Topliss-reactive ketones (excluding diaryl/α,β-unsaturated/α-hetero) is 1. The fourth-order valence-corrected chi connectivity index (χ4v) is 3.57. The zero-order valence-corrected chi connectivity index (χ0v) is 21.3. The molecule has 2 amide bonds. The molecule has 0 saturated carbocycles. The molecule has 0 aliphatic carbocycles. The summed E-state index contributed by atoms with van der Waals surface area (Å²) < 4.78 is 23.1. The van der Waals surface area contributed by atoms with Crippen molar-refractivity contribution in [3.05, 3.63) is 46.5 Å². The number of ketones is 1. The number of hydrogen-bond acceptors (Lipinski definition) is 8. The van der Waals surface area contributed by atoms with Crippen molar-refractivity contribution in [2.75, 3.05) is 12.8 Å². The van der Waals surface area contributed by atoms with Gasteiger partial charge in [-0.05, 0) is 37.3 Å². The molecule has 0 spiro atoms. The smallest absolute Gasteiger partial charge is 0.251 e. The highest BCUT2D eigenvalue weighted by atomic mass is 32.2. The molecule has 0 heterocycles. The van der Waals surface area contributed by atoms with Gasteiger partial charge in [-0.1, -0.05) is 31.4 Å². The van der Waals surface area contributed by atoms with E-state index in [-0.39, 0.29) is 42.0 Å². The highest BCUT2D eigenvalue weighted by molar-refractivity contribution is 7.90. The summed E-state index contributed by atoms with van der Waals surface area (Å²) in [6.07, 6.45) is 1.88. The molecule has 0 saturated heterocycles. The van der Waals surface area contributed by atoms with E-state index >= 15 is 0 Å². The third-order valence-corrected chi connectivity index (χ3v) is 5.97. The number of benzene rings is 1. The van der Waals surface area contributed by atoms with Crippen LogP contribution < -0.4 is 21.4 Å². The topological polar surface area (TPSA) is 200 Å². The summed E-state index contributed by atoms with van der Waals surface area (Å²) in [5.41, 5.74) is 1.92. The maximum atomic E-state index is 12.6. The van der Waals surface area contributed by atoms with Gasteiger partial charge in [-0.15, -0.1) is 0 Å². The van der Waals surface area contributed by atoms with E-state index in [9.17, 15) is 32.9 Å². The van der Waals surface area contributed by atoms with Crippen molar-refractivity contribution in [3.63, 3.8) is 0 Å². The highest BCUT2D eigenvalue weighted by Gasteiger charge is 2.21.